The van der Waals surface area contributed by atoms with Crippen LogP contribution in [0, 0.1) is 0 Å². The number of carbonyl (C=O) groups is 1. The Balaban J connectivity index is 1.88. The standard InChI is InChI=1S/C17H22O3/c1-17(2,3)20-15-11-9-14(10-12-15)19-16(18)13-7-5-4-6-8-13/h4-9,11,14-15H,10,12H2,1-3H3/t14-,15-/m0/s1. The molecule has 20 heavy (non-hydrogen) atoms. The summed E-state index contributed by atoms with van der Waals surface area (Å²) in [6.07, 6.45) is 5.57. The second-order valence-corrected chi connectivity index (χ2v) is 6.04. The van der Waals surface area contributed by atoms with Crippen LogP contribution in [-0.2, 0) is 9.47 Å². The average Bonchev–Trinajstić information content (AvgIpc) is 2.40. The van der Waals surface area contributed by atoms with E-state index in [1.54, 1.807) is 12.1 Å². The molecule has 1 aliphatic rings. The number of esters is 1. The van der Waals surface area contributed by atoms with E-state index in [0.29, 0.717) is 5.56 Å². The van der Waals surface area contributed by atoms with Gasteiger partial charge in [-0.25, -0.2) is 4.79 Å². The van der Waals surface area contributed by atoms with Crippen molar-refractivity contribution in [2.24, 2.45) is 0 Å². The molecule has 0 radical (unpaired) electrons. The molecule has 3 nitrogen and oxygen atoms in total. The molecule has 0 saturated heterocycles. The van der Waals surface area contributed by atoms with Crippen molar-refractivity contribution < 1.29 is 14.3 Å². The van der Waals surface area contributed by atoms with Crippen molar-refractivity contribution in [1.82, 2.24) is 0 Å². The molecule has 0 aromatic heterocycles. The van der Waals surface area contributed by atoms with Gasteiger partial charge in [0.2, 0.25) is 0 Å². The molecule has 1 aromatic carbocycles. The monoisotopic (exact) mass is 274 g/mol. The Bertz CT molecular complexity index is 471. The van der Waals surface area contributed by atoms with Crippen LogP contribution in [0.2, 0.25) is 0 Å². The first kappa shape index (κ1) is 14.8. The molecule has 3 heteroatoms. The molecular formula is C17H22O3. The number of rotatable bonds is 3. The van der Waals surface area contributed by atoms with Gasteiger partial charge in [0.15, 0.2) is 0 Å². The van der Waals surface area contributed by atoms with E-state index in [2.05, 4.69) is 0 Å². The van der Waals surface area contributed by atoms with E-state index in [-0.39, 0.29) is 23.8 Å². The maximum atomic E-state index is 11.9. The average molecular weight is 274 g/mol. The minimum absolute atomic E-state index is 0.113. The van der Waals surface area contributed by atoms with E-state index in [0.717, 1.165) is 12.8 Å². The van der Waals surface area contributed by atoms with Crippen LogP contribution >= 0.6 is 0 Å². The highest BCUT2D eigenvalue weighted by Crippen LogP contribution is 2.22. The predicted molar refractivity (Wildman–Crippen MR) is 78.6 cm³/mol. The highest BCUT2D eigenvalue weighted by atomic mass is 16.5. The van der Waals surface area contributed by atoms with Gasteiger partial charge in [0.1, 0.15) is 6.10 Å². The fourth-order valence-electron chi connectivity index (χ4n) is 2.20. The smallest absolute Gasteiger partial charge is 0.338 e. The number of benzene rings is 1. The SMILES string of the molecule is CC(C)(C)O[C@H]1C=C[C@H](OC(=O)c2ccccc2)CC1. The third-order valence-electron chi connectivity index (χ3n) is 3.05. The van der Waals surface area contributed by atoms with Crippen LogP contribution in [0.1, 0.15) is 44.0 Å². The van der Waals surface area contributed by atoms with E-state index in [4.69, 9.17) is 9.47 Å². The summed E-state index contributed by atoms with van der Waals surface area (Å²) in [5.41, 5.74) is 0.441. The molecule has 108 valence electrons. The summed E-state index contributed by atoms with van der Waals surface area (Å²) in [5.74, 6) is -0.268. The molecule has 0 aliphatic heterocycles. The topological polar surface area (TPSA) is 35.5 Å². The lowest BCUT2D eigenvalue weighted by molar-refractivity contribution is -0.0491. The quantitative estimate of drug-likeness (QED) is 0.622. The lowest BCUT2D eigenvalue weighted by atomic mass is 10.0. The van der Waals surface area contributed by atoms with Crippen molar-refractivity contribution in [3.8, 4) is 0 Å². The Morgan fingerprint density at radius 2 is 1.65 bits per heavy atom. The Hall–Kier alpha value is -1.61. The maximum Gasteiger partial charge on any atom is 0.338 e. The zero-order chi connectivity index (χ0) is 14.6. The van der Waals surface area contributed by atoms with Crippen molar-refractivity contribution in [1.29, 1.82) is 0 Å². The Morgan fingerprint density at radius 1 is 1.05 bits per heavy atom. The minimum atomic E-state index is -0.268. The van der Waals surface area contributed by atoms with Crippen molar-refractivity contribution in [2.45, 2.75) is 51.4 Å². The zero-order valence-corrected chi connectivity index (χ0v) is 12.3. The fraction of sp³-hybridized carbons (Fsp3) is 0.471. The van der Waals surface area contributed by atoms with Crippen LogP contribution in [-0.4, -0.2) is 23.8 Å². The van der Waals surface area contributed by atoms with Gasteiger partial charge in [-0.3, -0.25) is 0 Å². The highest BCUT2D eigenvalue weighted by molar-refractivity contribution is 5.89. The van der Waals surface area contributed by atoms with E-state index >= 15 is 0 Å². The number of carbonyl (C=O) groups excluding carboxylic acids is 1. The Kier molecular flexibility index (Phi) is 4.61. The van der Waals surface area contributed by atoms with Crippen molar-refractivity contribution in [3.63, 3.8) is 0 Å². The van der Waals surface area contributed by atoms with Gasteiger partial charge in [-0.1, -0.05) is 24.3 Å². The first-order chi connectivity index (χ1) is 9.44. The minimum Gasteiger partial charge on any atom is -0.455 e. The number of ether oxygens (including phenoxy) is 2. The first-order valence-corrected chi connectivity index (χ1v) is 7.06. The van der Waals surface area contributed by atoms with Crippen LogP contribution in [0.15, 0.2) is 42.5 Å². The number of hydrogen-bond donors (Lipinski definition) is 0. The Labute approximate surface area is 120 Å². The first-order valence-electron chi connectivity index (χ1n) is 7.06. The van der Waals surface area contributed by atoms with E-state index < -0.39 is 0 Å². The molecule has 1 aromatic rings. The molecular weight excluding hydrogens is 252 g/mol. The van der Waals surface area contributed by atoms with Gasteiger partial charge in [0.05, 0.1) is 17.3 Å². The second-order valence-electron chi connectivity index (χ2n) is 6.04. The molecule has 1 aliphatic carbocycles. The van der Waals surface area contributed by atoms with Gasteiger partial charge in [0, 0.05) is 0 Å². The van der Waals surface area contributed by atoms with Crippen molar-refractivity contribution in [3.05, 3.63) is 48.0 Å². The van der Waals surface area contributed by atoms with E-state index in [1.165, 1.54) is 0 Å². The molecule has 0 bridgehead atoms. The molecule has 0 heterocycles. The normalized spacial score (nSPS) is 22.6. The maximum absolute atomic E-state index is 11.9. The summed E-state index contributed by atoms with van der Waals surface area (Å²) in [4.78, 5) is 11.9. The molecule has 0 fully saturated rings. The van der Waals surface area contributed by atoms with Gasteiger partial charge in [-0.15, -0.1) is 0 Å². The molecule has 2 rings (SSSR count). The summed E-state index contributed by atoms with van der Waals surface area (Å²) >= 11 is 0. The van der Waals surface area contributed by atoms with Crippen LogP contribution < -0.4 is 0 Å². The van der Waals surface area contributed by atoms with E-state index in [1.807, 2.05) is 51.1 Å². The lowest BCUT2D eigenvalue weighted by Gasteiger charge is -2.29. The van der Waals surface area contributed by atoms with Gasteiger partial charge >= 0.3 is 5.97 Å². The highest BCUT2D eigenvalue weighted by Gasteiger charge is 2.23. The van der Waals surface area contributed by atoms with E-state index in [9.17, 15) is 4.79 Å². The molecule has 2 atom stereocenters. The van der Waals surface area contributed by atoms with Crippen molar-refractivity contribution in [2.75, 3.05) is 0 Å². The molecule has 0 N–H and O–H groups in total. The summed E-state index contributed by atoms with van der Waals surface area (Å²) in [6, 6.07) is 9.08. The lowest BCUT2D eigenvalue weighted by Crippen LogP contribution is -2.30. The third-order valence-corrected chi connectivity index (χ3v) is 3.05. The Morgan fingerprint density at radius 3 is 2.20 bits per heavy atom. The summed E-state index contributed by atoms with van der Waals surface area (Å²) in [6.45, 7) is 6.13. The van der Waals surface area contributed by atoms with Crippen molar-refractivity contribution >= 4 is 5.97 Å². The molecule has 0 spiro atoms. The third kappa shape index (κ3) is 4.49. The molecule has 0 unspecified atom stereocenters. The van der Waals surface area contributed by atoms with Crippen LogP contribution in [0.5, 0.6) is 0 Å². The fourth-order valence-corrected chi connectivity index (χ4v) is 2.20. The molecule has 0 saturated carbocycles. The van der Waals surface area contributed by atoms with Gasteiger partial charge in [-0.05, 0) is 51.8 Å². The van der Waals surface area contributed by atoms with Gasteiger partial charge in [0.25, 0.3) is 0 Å². The van der Waals surface area contributed by atoms with Gasteiger partial charge in [-0.2, -0.15) is 0 Å². The zero-order valence-electron chi connectivity index (χ0n) is 12.3. The van der Waals surface area contributed by atoms with Crippen LogP contribution in [0.25, 0.3) is 0 Å². The predicted octanol–water partition coefficient (Wildman–Crippen LogP) is 3.75. The van der Waals surface area contributed by atoms with Crippen LogP contribution in [0.4, 0.5) is 0 Å². The summed E-state index contributed by atoms with van der Waals surface area (Å²) < 4.78 is 11.4. The largest absolute Gasteiger partial charge is 0.455 e. The number of hydrogen-bond acceptors (Lipinski definition) is 3. The summed E-state index contributed by atoms with van der Waals surface area (Å²) in [5, 5.41) is 0. The second kappa shape index (κ2) is 6.23. The molecule has 0 amide bonds. The summed E-state index contributed by atoms with van der Waals surface area (Å²) in [7, 11) is 0. The van der Waals surface area contributed by atoms with Gasteiger partial charge < -0.3 is 9.47 Å². The van der Waals surface area contributed by atoms with Crippen LogP contribution in [0.3, 0.4) is 0 Å².